The Bertz CT molecular complexity index is 1230. The number of imide groups is 1. The van der Waals surface area contributed by atoms with Crippen LogP contribution in [0.1, 0.15) is 17.5 Å². The normalized spacial score (nSPS) is 19.1. The summed E-state index contributed by atoms with van der Waals surface area (Å²) in [7, 11) is 0. The number of thiophene rings is 1. The van der Waals surface area contributed by atoms with Gasteiger partial charge in [-0.05, 0) is 42.6 Å². The highest BCUT2D eigenvalue weighted by Crippen LogP contribution is 2.35. The number of benzene rings is 1. The van der Waals surface area contributed by atoms with Crippen LogP contribution in [0.4, 0.5) is 10.5 Å². The summed E-state index contributed by atoms with van der Waals surface area (Å²) in [4.78, 5) is 47.1. The van der Waals surface area contributed by atoms with Crippen LogP contribution in [0.5, 0.6) is 11.5 Å². The number of anilines is 1. The number of carbonyl (C=O) groups is 3. The molecule has 0 saturated carbocycles. The second kappa shape index (κ2) is 8.79. The molecule has 0 spiro atoms. The van der Waals surface area contributed by atoms with E-state index in [4.69, 9.17) is 9.47 Å². The molecule has 0 bridgehead atoms. The summed E-state index contributed by atoms with van der Waals surface area (Å²) in [5, 5.41) is 4.61. The summed E-state index contributed by atoms with van der Waals surface area (Å²) in [6.07, 6.45) is 1.55. The number of aromatic nitrogens is 1. The van der Waals surface area contributed by atoms with Gasteiger partial charge in [-0.2, -0.15) is 0 Å². The highest BCUT2D eigenvalue weighted by molar-refractivity contribution is 7.09. The SMILES string of the molecule is CC1(c2ccccn2)NC(=O)N(CC(=O)N(Cc2cccs2)c2ccc3c(c2)OCCO3)C1=O. The Labute approximate surface area is 199 Å². The van der Waals surface area contributed by atoms with Crippen LogP contribution < -0.4 is 19.7 Å². The molecule has 34 heavy (non-hydrogen) atoms. The van der Waals surface area contributed by atoms with E-state index in [2.05, 4.69) is 10.3 Å². The lowest BCUT2D eigenvalue weighted by Gasteiger charge is -2.26. The lowest BCUT2D eigenvalue weighted by Crippen LogP contribution is -2.44. The predicted octanol–water partition coefficient (Wildman–Crippen LogP) is 2.91. The van der Waals surface area contributed by atoms with Gasteiger partial charge in [0.15, 0.2) is 17.0 Å². The number of amides is 4. The first-order chi connectivity index (χ1) is 16.5. The van der Waals surface area contributed by atoms with Crippen molar-refractivity contribution in [3.05, 3.63) is 70.7 Å². The molecular formula is C24H22N4O5S. The smallest absolute Gasteiger partial charge is 0.325 e. The first-order valence-electron chi connectivity index (χ1n) is 10.7. The van der Waals surface area contributed by atoms with Gasteiger partial charge in [0.1, 0.15) is 19.8 Å². The molecule has 0 radical (unpaired) electrons. The van der Waals surface area contributed by atoms with E-state index in [9.17, 15) is 14.4 Å². The largest absolute Gasteiger partial charge is 0.486 e. The van der Waals surface area contributed by atoms with Crippen molar-refractivity contribution in [2.24, 2.45) is 0 Å². The average Bonchev–Trinajstić information content (AvgIpc) is 3.45. The molecule has 9 nitrogen and oxygen atoms in total. The lowest BCUT2D eigenvalue weighted by molar-refractivity contribution is -0.134. The second-order valence-electron chi connectivity index (χ2n) is 8.05. The number of nitrogens with zero attached hydrogens (tertiary/aromatic N) is 3. The topological polar surface area (TPSA) is 101 Å². The van der Waals surface area contributed by atoms with E-state index >= 15 is 0 Å². The predicted molar refractivity (Wildman–Crippen MR) is 125 cm³/mol. The molecule has 4 heterocycles. The van der Waals surface area contributed by atoms with Crippen molar-refractivity contribution in [3.8, 4) is 11.5 Å². The third-order valence-corrected chi connectivity index (χ3v) is 6.64. The van der Waals surface area contributed by atoms with Gasteiger partial charge in [0.25, 0.3) is 5.91 Å². The molecule has 3 aromatic rings. The van der Waals surface area contributed by atoms with Gasteiger partial charge in [-0.25, -0.2) is 4.79 Å². The van der Waals surface area contributed by atoms with Crippen LogP contribution >= 0.6 is 11.3 Å². The molecule has 2 aliphatic rings. The first kappa shape index (κ1) is 21.9. The number of carbonyl (C=O) groups excluding carboxylic acids is 3. The third-order valence-electron chi connectivity index (χ3n) is 5.78. The Morgan fingerprint density at radius 2 is 1.97 bits per heavy atom. The number of hydrogen-bond donors (Lipinski definition) is 1. The zero-order valence-corrected chi connectivity index (χ0v) is 19.2. The molecule has 1 unspecified atom stereocenters. The molecule has 2 aliphatic heterocycles. The van der Waals surface area contributed by atoms with Crippen molar-refractivity contribution < 1.29 is 23.9 Å². The molecule has 2 aromatic heterocycles. The van der Waals surface area contributed by atoms with Gasteiger partial charge in [0, 0.05) is 22.8 Å². The average molecular weight is 479 g/mol. The van der Waals surface area contributed by atoms with Crippen LogP contribution in [0.15, 0.2) is 60.1 Å². The Kier molecular flexibility index (Phi) is 5.66. The van der Waals surface area contributed by atoms with Crippen LogP contribution in [0.2, 0.25) is 0 Å². The van der Waals surface area contributed by atoms with Crippen LogP contribution in [-0.2, 0) is 21.7 Å². The molecule has 1 fully saturated rings. The molecule has 5 rings (SSSR count). The molecule has 1 saturated heterocycles. The summed E-state index contributed by atoms with van der Waals surface area (Å²) >= 11 is 1.52. The summed E-state index contributed by atoms with van der Waals surface area (Å²) in [5.74, 6) is 0.228. The summed E-state index contributed by atoms with van der Waals surface area (Å²) in [5.41, 5.74) is -0.346. The van der Waals surface area contributed by atoms with E-state index in [0.29, 0.717) is 36.1 Å². The van der Waals surface area contributed by atoms with Crippen LogP contribution in [-0.4, -0.2) is 47.5 Å². The maximum atomic E-state index is 13.5. The van der Waals surface area contributed by atoms with E-state index < -0.39 is 29.9 Å². The van der Waals surface area contributed by atoms with Crippen molar-refractivity contribution in [2.75, 3.05) is 24.7 Å². The maximum Gasteiger partial charge on any atom is 0.325 e. The Hall–Kier alpha value is -3.92. The summed E-state index contributed by atoms with van der Waals surface area (Å²) < 4.78 is 11.3. The molecule has 1 atom stereocenters. The van der Waals surface area contributed by atoms with Gasteiger partial charge in [-0.15, -0.1) is 11.3 Å². The Morgan fingerprint density at radius 3 is 2.71 bits per heavy atom. The quantitative estimate of drug-likeness (QED) is 0.547. The van der Waals surface area contributed by atoms with E-state index in [1.807, 2.05) is 17.5 Å². The standard InChI is InChI=1S/C24H22N4O5S/c1-24(20-6-2-3-9-25-20)22(30)28(23(31)26-24)15-21(29)27(14-17-5-4-12-34-17)16-7-8-18-19(13-16)33-11-10-32-18/h2-9,12-13H,10-11,14-15H2,1H3,(H,26,31). The number of fused-ring (bicyclic) bond motifs is 1. The zero-order chi connectivity index (χ0) is 23.7. The molecule has 10 heteroatoms. The number of nitrogens with one attached hydrogen (secondary N) is 1. The fraction of sp³-hybridized carbons (Fsp3) is 0.250. The summed E-state index contributed by atoms with van der Waals surface area (Å²) in [6.45, 7) is 2.35. The minimum atomic E-state index is -1.34. The Balaban J connectivity index is 1.42. The number of pyridine rings is 1. The molecule has 0 aliphatic carbocycles. The Morgan fingerprint density at radius 1 is 1.15 bits per heavy atom. The minimum absolute atomic E-state index is 0.289. The number of rotatable bonds is 6. The van der Waals surface area contributed by atoms with Gasteiger partial charge >= 0.3 is 6.03 Å². The van der Waals surface area contributed by atoms with Gasteiger partial charge in [-0.3, -0.25) is 19.5 Å². The van der Waals surface area contributed by atoms with Gasteiger partial charge in [0.05, 0.1) is 12.2 Å². The van der Waals surface area contributed by atoms with Crippen molar-refractivity contribution in [1.82, 2.24) is 15.2 Å². The van der Waals surface area contributed by atoms with Crippen LogP contribution in [0.3, 0.4) is 0 Å². The third kappa shape index (κ3) is 3.96. The maximum absolute atomic E-state index is 13.5. The van der Waals surface area contributed by atoms with Crippen LogP contribution in [0, 0.1) is 0 Å². The van der Waals surface area contributed by atoms with Gasteiger partial charge < -0.3 is 19.7 Å². The first-order valence-corrected chi connectivity index (χ1v) is 11.6. The van der Waals surface area contributed by atoms with Gasteiger partial charge in [-0.1, -0.05) is 12.1 Å². The van der Waals surface area contributed by atoms with Crippen molar-refractivity contribution in [2.45, 2.75) is 19.0 Å². The van der Waals surface area contributed by atoms with Crippen LogP contribution in [0.25, 0.3) is 0 Å². The molecule has 1 aromatic carbocycles. The van der Waals surface area contributed by atoms with E-state index in [0.717, 1.165) is 9.78 Å². The van der Waals surface area contributed by atoms with E-state index in [1.54, 1.807) is 54.4 Å². The van der Waals surface area contributed by atoms with Gasteiger partial charge in [0.2, 0.25) is 5.91 Å². The number of hydrogen-bond acceptors (Lipinski definition) is 7. The molecular weight excluding hydrogens is 456 g/mol. The lowest BCUT2D eigenvalue weighted by atomic mass is 9.97. The van der Waals surface area contributed by atoms with Crippen molar-refractivity contribution >= 4 is 34.9 Å². The molecule has 1 N–H and O–H groups in total. The highest BCUT2D eigenvalue weighted by Gasteiger charge is 2.50. The van der Waals surface area contributed by atoms with E-state index in [-0.39, 0.29) is 6.54 Å². The summed E-state index contributed by atoms with van der Waals surface area (Å²) in [6, 6.07) is 13.6. The fourth-order valence-electron chi connectivity index (χ4n) is 3.98. The molecule has 4 amide bonds. The fourth-order valence-corrected chi connectivity index (χ4v) is 4.67. The van der Waals surface area contributed by atoms with Crippen molar-refractivity contribution in [3.63, 3.8) is 0 Å². The highest BCUT2D eigenvalue weighted by atomic mass is 32.1. The van der Waals surface area contributed by atoms with Crippen molar-refractivity contribution in [1.29, 1.82) is 0 Å². The minimum Gasteiger partial charge on any atom is -0.486 e. The number of urea groups is 1. The zero-order valence-electron chi connectivity index (χ0n) is 18.4. The second-order valence-corrected chi connectivity index (χ2v) is 9.08. The molecule has 174 valence electrons. The monoisotopic (exact) mass is 478 g/mol. The number of ether oxygens (including phenoxy) is 2. The van der Waals surface area contributed by atoms with E-state index in [1.165, 1.54) is 11.3 Å².